The van der Waals surface area contributed by atoms with Gasteiger partial charge in [-0.05, 0) is 49.8 Å². The Hall–Kier alpha value is -2.35. The highest BCUT2D eigenvalue weighted by Crippen LogP contribution is 2.15. The molecule has 0 heterocycles. The van der Waals surface area contributed by atoms with Gasteiger partial charge in [0.25, 0.3) is 5.91 Å². The number of hydrogen-bond acceptors (Lipinski definition) is 3. The van der Waals surface area contributed by atoms with Crippen LogP contribution in [0.1, 0.15) is 32.8 Å². The van der Waals surface area contributed by atoms with E-state index in [1.807, 2.05) is 32.0 Å². The number of rotatable bonds is 8. The summed E-state index contributed by atoms with van der Waals surface area (Å²) in [6.45, 7) is 5.41. The van der Waals surface area contributed by atoms with Crippen molar-refractivity contribution in [2.24, 2.45) is 5.92 Å². The number of nitrogens with one attached hydrogen (secondary N) is 1. The van der Waals surface area contributed by atoms with E-state index in [0.29, 0.717) is 0 Å². The van der Waals surface area contributed by atoms with Gasteiger partial charge in [-0.3, -0.25) is 4.79 Å². The number of aliphatic hydroxyl groups excluding tert-OH is 2. The topological polar surface area (TPSA) is 69.6 Å². The predicted octanol–water partition coefficient (Wildman–Crippen LogP) is 2.62. The third-order valence-electron chi connectivity index (χ3n) is 4.03. The van der Waals surface area contributed by atoms with Crippen molar-refractivity contribution in [1.29, 1.82) is 0 Å². The first-order valence-electron chi connectivity index (χ1n) is 8.92. The van der Waals surface area contributed by atoms with Crippen molar-refractivity contribution >= 4 is 5.91 Å². The van der Waals surface area contributed by atoms with Crippen LogP contribution in [0.15, 0.2) is 54.1 Å². The van der Waals surface area contributed by atoms with Gasteiger partial charge in [-0.1, -0.05) is 55.3 Å². The van der Waals surface area contributed by atoms with Gasteiger partial charge in [0.05, 0.1) is 18.8 Å². The fourth-order valence-corrected chi connectivity index (χ4v) is 2.36. The fraction of sp³-hybridized carbons (Fsp3) is 0.409. The lowest BCUT2D eigenvalue weighted by atomic mass is 9.96. The molecule has 0 saturated heterocycles. The lowest BCUT2D eigenvalue weighted by Crippen LogP contribution is -2.33. The first kappa shape index (κ1) is 21.7. The largest absolute Gasteiger partial charge is 0.394 e. The number of benzene rings is 1. The molecular formula is C22H29NO3. The van der Waals surface area contributed by atoms with E-state index in [1.165, 1.54) is 5.56 Å². The molecule has 0 fully saturated rings. The monoisotopic (exact) mass is 355 g/mol. The third kappa shape index (κ3) is 8.66. The van der Waals surface area contributed by atoms with Crippen LogP contribution in [0.2, 0.25) is 0 Å². The van der Waals surface area contributed by atoms with Gasteiger partial charge in [-0.25, -0.2) is 0 Å². The van der Waals surface area contributed by atoms with Crippen molar-refractivity contribution in [3.63, 3.8) is 0 Å². The minimum Gasteiger partial charge on any atom is -0.394 e. The zero-order chi connectivity index (χ0) is 19.4. The summed E-state index contributed by atoms with van der Waals surface area (Å²) in [5, 5.41) is 21.8. The van der Waals surface area contributed by atoms with Gasteiger partial charge in [-0.15, -0.1) is 0 Å². The highest BCUT2D eigenvalue weighted by molar-refractivity contribution is 5.93. The second-order valence-electron chi connectivity index (χ2n) is 6.46. The number of allylic oxidation sites excluding steroid dienone is 2. The Morgan fingerprint density at radius 2 is 1.96 bits per heavy atom. The Bertz CT molecular complexity index is 668. The van der Waals surface area contributed by atoms with Crippen LogP contribution in [0.3, 0.4) is 0 Å². The van der Waals surface area contributed by atoms with Crippen molar-refractivity contribution < 1.29 is 15.0 Å². The first-order valence-corrected chi connectivity index (χ1v) is 8.92. The van der Waals surface area contributed by atoms with Crippen LogP contribution < -0.4 is 5.32 Å². The second kappa shape index (κ2) is 12.1. The summed E-state index contributed by atoms with van der Waals surface area (Å²) in [7, 11) is 0. The molecule has 0 saturated carbocycles. The van der Waals surface area contributed by atoms with Crippen molar-refractivity contribution in [2.75, 3.05) is 6.61 Å². The smallest absolute Gasteiger partial charge is 0.296 e. The average molecular weight is 355 g/mol. The number of carbonyl (C=O) groups is 1. The van der Waals surface area contributed by atoms with Gasteiger partial charge >= 0.3 is 0 Å². The lowest BCUT2D eigenvalue weighted by Gasteiger charge is -2.16. The molecule has 1 aromatic rings. The standard InChI is InChI=1S/C22H29NO3/c1-17(10-7-8-15-21(25)23-19(3)16-24)22(26)18(2)11-9-14-20-12-5-4-6-13-20/h4-7,10-13,17,19,22,24,26H,9,14,16H2,1-3H3,(H,23,25)/b10-7+,18-11+/t17-,19+,22-/m1/s1. The summed E-state index contributed by atoms with van der Waals surface area (Å²) >= 11 is 0. The Morgan fingerprint density at radius 3 is 2.62 bits per heavy atom. The van der Waals surface area contributed by atoms with Gasteiger partial charge < -0.3 is 15.5 Å². The summed E-state index contributed by atoms with van der Waals surface area (Å²) in [5.74, 6) is 4.55. The molecule has 1 amide bonds. The summed E-state index contributed by atoms with van der Waals surface area (Å²) in [6, 6.07) is 9.94. The Balaban J connectivity index is 2.46. The Morgan fingerprint density at radius 1 is 1.27 bits per heavy atom. The summed E-state index contributed by atoms with van der Waals surface area (Å²) in [4.78, 5) is 11.4. The molecule has 3 atom stereocenters. The quantitative estimate of drug-likeness (QED) is 0.496. The molecule has 0 unspecified atom stereocenters. The molecule has 0 aromatic heterocycles. The molecule has 0 spiro atoms. The maximum absolute atomic E-state index is 11.4. The predicted molar refractivity (Wildman–Crippen MR) is 105 cm³/mol. The van der Waals surface area contributed by atoms with E-state index in [2.05, 4.69) is 35.4 Å². The van der Waals surface area contributed by atoms with E-state index < -0.39 is 12.0 Å². The molecule has 3 N–H and O–H groups in total. The van der Waals surface area contributed by atoms with E-state index in [0.717, 1.165) is 18.4 Å². The molecule has 0 aliphatic rings. The fourth-order valence-electron chi connectivity index (χ4n) is 2.36. The molecule has 0 radical (unpaired) electrons. The van der Waals surface area contributed by atoms with Crippen LogP contribution in [0.25, 0.3) is 0 Å². The van der Waals surface area contributed by atoms with E-state index >= 15 is 0 Å². The lowest BCUT2D eigenvalue weighted by molar-refractivity contribution is -0.116. The zero-order valence-electron chi connectivity index (χ0n) is 15.8. The van der Waals surface area contributed by atoms with Crippen LogP contribution in [0, 0.1) is 17.8 Å². The van der Waals surface area contributed by atoms with Crippen molar-refractivity contribution in [3.8, 4) is 11.8 Å². The summed E-state index contributed by atoms with van der Waals surface area (Å²) in [5.41, 5.74) is 2.21. The van der Waals surface area contributed by atoms with Crippen LogP contribution in [-0.2, 0) is 11.2 Å². The highest BCUT2D eigenvalue weighted by atomic mass is 16.3. The minimum absolute atomic E-state index is 0.100. The molecule has 0 bridgehead atoms. The van der Waals surface area contributed by atoms with Gasteiger partial charge in [0.1, 0.15) is 0 Å². The van der Waals surface area contributed by atoms with E-state index in [-0.39, 0.29) is 18.6 Å². The van der Waals surface area contributed by atoms with E-state index in [4.69, 9.17) is 5.11 Å². The molecular weight excluding hydrogens is 326 g/mol. The SMILES string of the molecule is C/C(=C\CCc1ccccc1)[C@H](O)[C@H](C)/C=C/C#CC(=O)N[C@@H](C)CO. The minimum atomic E-state index is -0.577. The number of aliphatic hydroxyl groups is 2. The van der Waals surface area contributed by atoms with Crippen molar-refractivity contribution in [3.05, 3.63) is 59.7 Å². The van der Waals surface area contributed by atoms with Gasteiger partial charge in [0.15, 0.2) is 0 Å². The molecule has 4 nitrogen and oxygen atoms in total. The number of amides is 1. The Kier molecular flexibility index (Phi) is 10.1. The molecule has 26 heavy (non-hydrogen) atoms. The highest BCUT2D eigenvalue weighted by Gasteiger charge is 2.12. The van der Waals surface area contributed by atoms with E-state index in [1.54, 1.807) is 19.1 Å². The third-order valence-corrected chi connectivity index (χ3v) is 4.03. The Labute approximate surface area is 156 Å². The number of carbonyl (C=O) groups excluding carboxylic acids is 1. The van der Waals surface area contributed by atoms with Crippen LogP contribution in [-0.4, -0.2) is 34.9 Å². The number of aryl methyl sites for hydroxylation is 1. The normalized spacial score (nSPS) is 15.0. The van der Waals surface area contributed by atoms with Crippen molar-refractivity contribution in [1.82, 2.24) is 5.32 Å². The first-order chi connectivity index (χ1) is 12.4. The number of hydrogen-bond donors (Lipinski definition) is 3. The van der Waals surface area contributed by atoms with Gasteiger partial charge in [0, 0.05) is 5.92 Å². The van der Waals surface area contributed by atoms with Crippen LogP contribution in [0.4, 0.5) is 0 Å². The maximum atomic E-state index is 11.4. The van der Waals surface area contributed by atoms with Gasteiger partial charge in [-0.2, -0.15) is 0 Å². The molecule has 0 aliphatic carbocycles. The molecule has 1 aromatic carbocycles. The second-order valence-corrected chi connectivity index (χ2v) is 6.46. The molecule has 140 valence electrons. The van der Waals surface area contributed by atoms with Crippen LogP contribution in [0.5, 0.6) is 0 Å². The summed E-state index contributed by atoms with van der Waals surface area (Å²) in [6.07, 6.45) is 6.68. The van der Waals surface area contributed by atoms with Crippen LogP contribution >= 0.6 is 0 Å². The van der Waals surface area contributed by atoms with Gasteiger partial charge in [0.2, 0.25) is 0 Å². The van der Waals surface area contributed by atoms with E-state index in [9.17, 15) is 9.90 Å². The average Bonchev–Trinajstić information content (AvgIpc) is 2.65. The maximum Gasteiger partial charge on any atom is 0.296 e. The summed E-state index contributed by atoms with van der Waals surface area (Å²) < 4.78 is 0. The molecule has 4 heteroatoms. The van der Waals surface area contributed by atoms with Crippen molar-refractivity contribution in [2.45, 2.75) is 45.8 Å². The molecule has 0 aliphatic heterocycles. The zero-order valence-corrected chi connectivity index (χ0v) is 15.8. The molecule has 1 rings (SSSR count).